The maximum absolute atomic E-state index is 11.9. The number of amides is 1. The smallest absolute Gasteiger partial charge is 0.274 e. The molecular formula is C17H16BrN3O5. The van der Waals surface area contributed by atoms with Crippen molar-refractivity contribution in [1.82, 2.24) is 5.43 Å². The number of nitrogens with one attached hydrogen (secondary N) is 1. The van der Waals surface area contributed by atoms with Gasteiger partial charge in [0.2, 0.25) is 5.91 Å². The van der Waals surface area contributed by atoms with Crippen LogP contribution >= 0.6 is 15.9 Å². The zero-order valence-electron chi connectivity index (χ0n) is 13.8. The van der Waals surface area contributed by atoms with Crippen molar-refractivity contribution in [2.45, 2.75) is 13.3 Å². The van der Waals surface area contributed by atoms with Gasteiger partial charge in [-0.05, 0) is 24.6 Å². The molecule has 0 aliphatic rings. The molecule has 1 amide bonds. The first-order valence-electron chi connectivity index (χ1n) is 7.61. The molecule has 136 valence electrons. The van der Waals surface area contributed by atoms with Gasteiger partial charge in [0.1, 0.15) is 0 Å². The van der Waals surface area contributed by atoms with Crippen molar-refractivity contribution in [1.29, 1.82) is 0 Å². The van der Waals surface area contributed by atoms with Crippen LogP contribution in [0.1, 0.15) is 18.1 Å². The van der Waals surface area contributed by atoms with Gasteiger partial charge in [-0.2, -0.15) is 5.10 Å². The Morgan fingerprint density at radius 1 is 1.38 bits per heavy atom. The quantitative estimate of drug-likeness (QED) is 0.404. The van der Waals surface area contributed by atoms with Gasteiger partial charge in [-0.25, -0.2) is 5.43 Å². The minimum atomic E-state index is -0.606. The number of carbonyl (C=O) groups is 1. The molecule has 0 aliphatic heterocycles. The van der Waals surface area contributed by atoms with Crippen molar-refractivity contribution < 1.29 is 19.6 Å². The molecule has 8 nitrogen and oxygen atoms in total. The van der Waals surface area contributed by atoms with E-state index in [1.807, 2.05) is 12.1 Å². The van der Waals surface area contributed by atoms with Gasteiger partial charge in [0.15, 0.2) is 11.5 Å². The molecule has 0 saturated heterocycles. The van der Waals surface area contributed by atoms with Crippen LogP contribution in [-0.4, -0.2) is 28.8 Å². The van der Waals surface area contributed by atoms with Crippen LogP contribution in [0.3, 0.4) is 0 Å². The number of non-ortho nitro benzene ring substituents is 1. The number of hydrogen-bond acceptors (Lipinski definition) is 6. The van der Waals surface area contributed by atoms with Crippen molar-refractivity contribution in [3.05, 3.63) is 62.1 Å². The average molecular weight is 422 g/mol. The fraction of sp³-hybridized carbons (Fsp3) is 0.176. The van der Waals surface area contributed by atoms with Crippen LogP contribution < -0.4 is 10.2 Å². The lowest BCUT2D eigenvalue weighted by Crippen LogP contribution is -2.19. The highest BCUT2D eigenvalue weighted by atomic mass is 79.9. The Bertz CT molecular complexity index is 837. The lowest BCUT2D eigenvalue weighted by atomic mass is 10.1. The molecule has 0 unspecified atom stereocenters. The number of carbonyl (C=O) groups excluding carboxylic acids is 1. The standard InChI is InChI=1S/C17H16BrN3O5/c1-2-26-15-9-14(21(24)25)8-12(17(15)23)10-19-20-16(22)7-11-3-5-13(18)6-4-11/h3-6,8-10,23H,2,7H2,1H3,(H,20,22)/b19-10+. The molecule has 0 aliphatic carbocycles. The first-order chi connectivity index (χ1) is 12.4. The predicted molar refractivity (Wildman–Crippen MR) is 99.5 cm³/mol. The number of rotatable bonds is 7. The van der Waals surface area contributed by atoms with Crippen molar-refractivity contribution in [3.63, 3.8) is 0 Å². The minimum absolute atomic E-state index is 0.0238. The van der Waals surface area contributed by atoms with Gasteiger partial charge in [-0.15, -0.1) is 0 Å². The Morgan fingerprint density at radius 2 is 2.08 bits per heavy atom. The van der Waals surface area contributed by atoms with Gasteiger partial charge in [0, 0.05) is 16.1 Å². The Labute approximate surface area is 157 Å². The van der Waals surface area contributed by atoms with E-state index in [0.717, 1.165) is 28.4 Å². The summed E-state index contributed by atoms with van der Waals surface area (Å²) in [7, 11) is 0. The molecule has 2 rings (SSSR count). The number of nitrogens with zero attached hydrogens (tertiary/aromatic N) is 2. The highest BCUT2D eigenvalue weighted by Crippen LogP contribution is 2.33. The minimum Gasteiger partial charge on any atom is -0.504 e. The van der Waals surface area contributed by atoms with Gasteiger partial charge in [0.05, 0.1) is 30.2 Å². The summed E-state index contributed by atoms with van der Waals surface area (Å²) in [5.41, 5.74) is 2.93. The molecule has 0 saturated carbocycles. The number of nitro groups is 1. The largest absolute Gasteiger partial charge is 0.504 e. The lowest BCUT2D eigenvalue weighted by molar-refractivity contribution is -0.385. The second-order valence-electron chi connectivity index (χ2n) is 5.17. The maximum Gasteiger partial charge on any atom is 0.274 e. The molecule has 0 heterocycles. The third kappa shape index (κ3) is 5.28. The number of phenols is 1. The molecule has 9 heteroatoms. The second kappa shape index (κ2) is 8.95. The average Bonchev–Trinajstić information content (AvgIpc) is 2.60. The Kier molecular flexibility index (Phi) is 6.67. The van der Waals surface area contributed by atoms with Crippen LogP contribution in [-0.2, 0) is 11.2 Å². The van der Waals surface area contributed by atoms with E-state index in [1.54, 1.807) is 19.1 Å². The summed E-state index contributed by atoms with van der Waals surface area (Å²) in [6.45, 7) is 1.92. The number of phenolic OH excluding ortho intramolecular Hbond substituents is 1. The van der Waals surface area contributed by atoms with E-state index in [9.17, 15) is 20.0 Å². The van der Waals surface area contributed by atoms with Crippen molar-refractivity contribution in [3.8, 4) is 11.5 Å². The van der Waals surface area contributed by atoms with Gasteiger partial charge in [-0.1, -0.05) is 28.1 Å². The van der Waals surface area contributed by atoms with Crippen LogP contribution in [0.2, 0.25) is 0 Å². The van der Waals surface area contributed by atoms with Crippen LogP contribution in [0.25, 0.3) is 0 Å². The SMILES string of the molecule is CCOc1cc([N+](=O)[O-])cc(/C=N/NC(=O)Cc2ccc(Br)cc2)c1O. The third-order valence-electron chi connectivity index (χ3n) is 3.27. The zero-order chi connectivity index (χ0) is 19.1. The first-order valence-corrected chi connectivity index (χ1v) is 8.40. The molecule has 0 radical (unpaired) electrons. The topological polar surface area (TPSA) is 114 Å². The van der Waals surface area contributed by atoms with Crippen molar-refractivity contribution in [2.75, 3.05) is 6.61 Å². The van der Waals surface area contributed by atoms with E-state index in [-0.39, 0.29) is 41.7 Å². The fourth-order valence-corrected chi connectivity index (χ4v) is 2.35. The molecule has 0 atom stereocenters. The molecule has 0 spiro atoms. The molecule has 2 aromatic rings. The normalized spacial score (nSPS) is 10.7. The summed E-state index contributed by atoms with van der Waals surface area (Å²) in [6.07, 6.45) is 1.25. The summed E-state index contributed by atoms with van der Waals surface area (Å²) < 4.78 is 6.09. The number of hydrogen-bond donors (Lipinski definition) is 2. The summed E-state index contributed by atoms with van der Waals surface area (Å²) >= 11 is 3.31. The molecule has 2 aromatic carbocycles. The van der Waals surface area contributed by atoms with Crippen molar-refractivity contribution in [2.24, 2.45) is 5.10 Å². The second-order valence-corrected chi connectivity index (χ2v) is 6.08. The molecule has 26 heavy (non-hydrogen) atoms. The zero-order valence-corrected chi connectivity index (χ0v) is 15.4. The highest BCUT2D eigenvalue weighted by Gasteiger charge is 2.16. The number of ether oxygens (including phenoxy) is 1. The third-order valence-corrected chi connectivity index (χ3v) is 3.80. The summed E-state index contributed by atoms with van der Waals surface area (Å²) in [4.78, 5) is 22.3. The Morgan fingerprint density at radius 3 is 2.69 bits per heavy atom. The monoisotopic (exact) mass is 421 g/mol. The molecule has 2 N–H and O–H groups in total. The van der Waals surface area contributed by atoms with E-state index >= 15 is 0 Å². The van der Waals surface area contributed by atoms with Crippen LogP contribution in [0.4, 0.5) is 5.69 Å². The highest BCUT2D eigenvalue weighted by molar-refractivity contribution is 9.10. The fourth-order valence-electron chi connectivity index (χ4n) is 2.08. The van der Waals surface area contributed by atoms with E-state index in [4.69, 9.17) is 4.74 Å². The Balaban J connectivity index is 2.10. The molecule has 0 aromatic heterocycles. The van der Waals surface area contributed by atoms with E-state index < -0.39 is 4.92 Å². The Hall–Kier alpha value is -2.94. The maximum atomic E-state index is 11.9. The number of benzene rings is 2. The number of hydrazone groups is 1. The summed E-state index contributed by atoms with van der Waals surface area (Å²) in [5.74, 6) is -0.675. The van der Waals surface area contributed by atoms with E-state index in [0.29, 0.717) is 0 Å². The van der Waals surface area contributed by atoms with E-state index in [2.05, 4.69) is 26.5 Å². The molecular weight excluding hydrogens is 406 g/mol. The van der Waals surface area contributed by atoms with Crippen LogP contribution in [0, 0.1) is 10.1 Å². The summed E-state index contributed by atoms with van der Waals surface area (Å²) in [6, 6.07) is 9.51. The molecule has 0 fully saturated rings. The van der Waals surface area contributed by atoms with E-state index in [1.165, 1.54) is 0 Å². The number of nitro benzene ring substituents is 1. The molecule has 0 bridgehead atoms. The van der Waals surface area contributed by atoms with Gasteiger partial charge in [0.25, 0.3) is 5.69 Å². The van der Waals surface area contributed by atoms with Gasteiger partial charge >= 0.3 is 0 Å². The van der Waals surface area contributed by atoms with Crippen LogP contribution in [0.15, 0.2) is 46.0 Å². The summed E-state index contributed by atoms with van der Waals surface area (Å²) in [5, 5.41) is 24.8. The lowest BCUT2D eigenvalue weighted by Gasteiger charge is -2.08. The predicted octanol–water partition coefficient (Wildman–Crippen LogP) is 3.15. The van der Waals surface area contributed by atoms with Gasteiger partial charge < -0.3 is 9.84 Å². The van der Waals surface area contributed by atoms with Crippen LogP contribution in [0.5, 0.6) is 11.5 Å². The number of halogens is 1. The first kappa shape index (κ1) is 19.4. The van der Waals surface area contributed by atoms with Gasteiger partial charge in [-0.3, -0.25) is 14.9 Å². The number of aromatic hydroxyl groups is 1. The van der Waals surface area contributed by atoms with Crippen molar-refractivity contribution >= 4 is 33.7 Å².